The average molecular weight is 423 g/mol. The Morgan fingerprint density at radius 1 is 1.21 bits per heavy atom. The van der Waals surface area contributed by atoms with E-state index in [1.165, 1.54) is 34.2 Å². The molecule has 0 saturated carbocycles. The minimum Gasteiger partial charge on any atom is -0.324 e. The van der Waals surface area contributed by atoms with Crippen LogP contribution in [0.3, 0.4) is 0 Å². The molecule has 1 aliphatic heterocycles. The first-order valence-electron chi connectivity index (χ1n) is 8.61. The molecule has 146 valence electrons. The predicted molar refractivity (Wildman–Crippen MR) is 107 cm³/mol. The zero-order valence-corrected chi connectivity index (χ0v) is 16.6. The lowest BCUT2D eigenvalue weighted by atomic mass is 10.0. The van der Waals surface area contributed by atoms with E-state index in [1.807, 2.05) is 29.8 Å². The van der Waals surface area contributed by atoms with Crippen LogP contribution in [0.1, 0.15) is 16.7 Å². The summed E-state index contributed by atoms with van der Waals surface area (Å²) < 4.78 is 40.4. The average Bonchev–Trinajstić information content (AvgIpc) is 3.16. The number of thiophene rings is 1. The number of alkyl halides is 3. The van der Waals surface area contributed by atoms with Gasteiger partial charge in [-0.2, -0.15) is 13.2 Å². The second-order valence-electron chi connectivity index (χ2n) is 6.34. The lowest BCUT2D eigenvalue weighted by molar-refractivity contribution is -0.137. The maximum absolute atomic E-state index is 13.5. The van der Waals surface area contributed by atoms with E-state index in [0.29, 0.717) is 4.88 Å². The second kappa shape index (κ2) is 7.73. The van der Waals surface area contributed by atoms with Crippen molar-refractivity contribution in [1.82, 2.24) is 15.3 Å². The van der Waals surface area contributed by atoms with Gasteiger partial charge >= 0.3 is 6.18 Å². The van der Waals surface area contributed by atoms with Gasteiger partial charge in [0.05, 0.1) is 10.6 Å². The number of fused-ring (bicyclic) bond motifs is 1. The van der Waals surface area contributed by atoms with Crippen molar-refractivity contribution in [2.24, 2.45) is 0 Å². The van der Waals surface area contributed by atoms with Crippen LogP contribution in [0.25, 0.3) is 10.6 Å². The number of anilines is 2. The molecule has 0 fully saturated rings. The Labute approximate surface area is 168 Å². The largest absolute Gasteiger partial charge is 0.420 e. The van der Waals surface area contributed by atoms with E-state index in [4.69, 9.17) is 0 Å². The van der Waals surface area contributed by atoms with Gasteiger partial charge < -0.3 is 10.6 Å². The summed E-state index contributed by atoms with van der Waals surface area (Å²) in [6, 6.07) is 7.64. The van der Waals surface area contributed by atoms with E-state index in [1.54, 1.807) is 6.07 Å². The Morgan fingerprint density at radius 2 is 2.07 bits per heavy atom. The van der Waals surface area contributed by atoms with Crippen molar-refractivity contribution in [2.45, 2.75) is 24.0 Å². The highest BCUT2D eigenvalue weighted by Crippen LogP contribution is 2.39. The topological polar surface area (TPSA) is 49.8 Å². The highest BCUT2D eigenvalue weighted by molar-refractivity contribution is 7.98. The molecule has 2 aromatic heterocycles. The molecule has 0 saturated heterocycles. The fourth-order valence-corrected chi connectivity index (χ4v) is 4.68. The number of aromatic nitrogens is 2. The molecule has 0 spiro atoms. The van der Waals surface area contributed by atoms with Crippen molar-refractivity contribution in [2.75, 3.05) is 18.1 Å². The van der Waals surface area contributed by atoms with Crippen molar-refractivity contribution in [3.63, 3.8) is 0 Å². The predicted octanol–water partition coefficient (Wildman–Crippen LogP) is 5.34. The maximum Gasteiger partial charge on any atom is 0.420 e. The molecule has 0 bridgehead atoms. The highest BCUT2D eigenvalue weighted by atomic mass is 32.2. The summed E-state index contributed by atoms with van der Waals surface area (Å²) in [5.74, 6) is 0.149. The lowest BCUT2D eigenvalue weighted by Crippen LogP contribution is -2.23. The first-order valence-corrected chi connectivity index (χ1v) is 10.7. The third-order valence-electron chi connectivity index (χ3n) is 4.49. The third kappa shape index (κ3) is 4.01. The zero-order chi connectivity index (χ0) is 19.7. The van der Waals surface area contributed by atoms with Crippen LogP contribution < -0.4 is 10.6 Å². The number of hydrogen-bond acceptors (Lipinski definition) is 6. The van der Waals surface area contributed by atoms with Gasteiger partial charge in [-0.05, 0) is 48.5 Å². The summed E-state index contributed by atoms with van der Waals surface area (Å²) in [5, 5.41) is 8.19. The van der Waals surface area contributed by atoms with Gasteiger partial charge in [0.1, 0.15) is 5.56 Å². The molecule has 3 aromatic rings. The molecule has 0 amide bonds. The number of benzene rings is 1. The van der Waals surface area contributed by atoms with E-state index >= 15 is 0 Å². The first-order chi connectivity index (χ1) is 13.4. The SMILES string of the molecule is CSc1csc(-c2nc(Nc3ccc4c(c3)CCNC4)ncc2C(F)(F)F)c1. The summed E-state index contributed by atoms with van der Waals surface area (Å²) >= 11 is 2.73. The standard InChI is InChI=1S/C19H17F3N4S2/c1-27-14-7-16(28-10-14)17-15(19(20,21)22)9-24-18(26-17)25-13-3-2-12-8-23-5-4-11(12)6-13/h2-3,6-7,9-10,23H,4-5,8H2,1H3,(H,24,25,26). The van der Waals surface area contributed by atoms with E-state index in [0.717, 1.165) is 36.3 Å². The number of thioether (sulfide) groups is 1. The summed E-state index contributed by atoms with van der Waals surface area (Å²) in [6.45, 7) is 1.74. The molecule has 9 heteroatoms. The molecule has 0 radical (unpaired) electrons. The van der Waals surface area contributed by atoms with Crippen LogP contribution in [0.5, 0.6) is 0 Å². The van der Waals surface area contributed by atoms with Crippen LogP contribution in [-0.4, -0.2) is 22.8 Å². The quantitative estimate of drug-likeness (QED) is 0.556. The van der Waals surface area contributed by atoms with Crippen molar-refractivity contribution in [3.8, 4) is 10.6 Å². The molecule has 1 aliphatic rings. The molecule has 4 rings (SSSR count). The Morgan fingerprint density at radius 3 is 2.82 bits per heavy atom. The molecular formula is C19H17F3N4S2. The van der Waals surface area contributed by atoms with Gasteiger partial charge in [-0.25, -0.2) is 9.97 Å². The van der Waals surface area contributed by atoms with E-state index in [9.17, 15) is 13.2 Å². The van der Waals surface area contributed by atoms with E-state index < -0.39 is 11.7 Å². The van der Waals surface area contributed by atoms with Crippen LogP contribution >= 0.6 is 23.1 Å². The summed E-state index contributed by atoms with van der Waals surface area (Å²) in [6.07, 6.45) is -0.868. The Kier molecular flexibility index (Phi) is 5.31. The van der Waals surface area contributed by atoms with Crippen LogP contribution in [-0.2, 0) is 19.1 Å². The smallest absolute Gasteiger partial charge is 0.324 e. The molecule has 28 heavy (non-hydrogen) atoms. The van der Waals surface area contributed by atoms with Crippen LogP contribution in [0.2, 0.25) is 0 Å². The third-order valence-corrected chi connectivity index (χ3v) is 6.28. The van der Waals surface area contributed by atoms with Crippen LogP contribution in [0.4, 0.5) is 24.8 Å². The zero-order valence-electron chi connectivity index (χ0n) is 14.9. The normalized spacial score (nSPS) is 14.0. The molecule has 2 N–H and O–H groups in total. The second-order valence-corrected chi connectivity index (χ2v) is 8.13. The molecule has 4 nitrogen and oxygen atoms in total. The van der Waals surface area contributed by atoms with Crippen molar-refractivity contribution in [3.05, 3.63) is 52.5 Å². The summed E-state index contributed by atoms with van der Waals surface area (Å²) in [4.78, 5) is 9.50. The molecule has 0 unspecified atom stereocenters. The Balaban J connectivity index is 1.69. The van der Waals surface area contributed by atoms with Crippen LogP contribution in [0, 0.1) is 0 Å². The lowest BCUT2D eigenvalue weighted by Gasteiger charge is -2.18. The van der Waals surface area contributed by atoms with Crippen LogP contribution in [0.15, 0.2) is 40.7 Å². The number of hydrogen-bond donors (Lipinski definition) is 2. The molecular weight excluding hydrogens is 405 g/mol. The first kappa shape index (κ1) is 19.2. The van der Waals surface area contributed by atoms with Gasteiger partial charge in [0.15, 0.2) is 0 Å². The van der Waals surface area contributed by atoms with Gasteiger partial charge in [-0.3, -0.25) is 0 Å². The summed E-state index contributed by atoms with van der Waals surface area (Å²) in [5.41, 5.74) is 2.29. The monoisotopic (exact) mass is 422 g/mol. The fraction of sp³-hybridized carbons (Fsp3) is 0.263. The molecule has 0 aliphatic carbocycles. The maximum atomic E-state index is 13.5. The van der Waals surface area contributed by atoms with Gasteiger partial charge in [0.25, 0.3) is 0 Å². The Hall–Kier alpha value is -2.10. The fourth-order valence-electron chi connectivity index (χ4n) is 3.07. The number of halogens is 3. The Bertz CT molecular complexity index is 1000. The molecule has 1 aromatic carbocycles. The minimum absolute atomic E-state index is 0.0996. The highest BCUT2D eigenvalue weighted by Gasteiger charge is 2.36. The number of nitrogens with one attached hydrogen (secondary N) is 2. The minimum atomic E-state index is -4.52. The van der Waals surface area contributed by atoms with Crippen molar-refractivity contribution >= 4 is 34.7 Å². The van der Waals surface area contributed by atoms with E-state index in [2.05, 4.69) is 20.6 Å². The number of rotatable bonds is 4. The summed E-state index contributed by atoms with van der Waals surface area (Å²) in [7, 11) is 0. The van der Waals surface area contributed by atoms with E-state index in [-0.39, 0.29) is 11.6 Å². The number of nitrogens with zero attached hydrogens (tertiary/aromatic N) is 2. The van der Waals surface area contributed by atoms with Gasteiger partial charge in [-0.1, -0.05) is 6.07 Å². The van der Waals surface area contributed by atoms with Gasteiger partial charge in [-0.15, -0.1) is 23.1 Å². The molecule has 0 atom stereocenters. The van der Waals surface area contributed by atoms with Gasteiger partial charge in [0, 0.05) is 28.7 Å². The van der Waals surface area contributed by atoms with Gasteiger partial charge in [0.2, 0.25) is 5.95 Å². The molecule has 3 heterocycles. The van der Waals surface area contributed by atoms with Crippen molar-refractivity contribution < 1.29 is 13.2 Å². The van der Waals surface area contributed by atoms with Crippen molar-refractivity contribution in [1.29, 1.82) is 0 Å².